The predicted octanol–water partition coefficient (Wildman–Crippen LogP) is 3.70. The van der Waals surface area contributed by atoms with Gasteiger partial charge in [-0.1, -0.05) is 12.1 Å². The molecule has 0 aliphatic heterocycles. The van der Waals surface area contributed by atoms with Crippen molar-refractivity contribution in [2.24, 2.45) is 0 Å². The largest absolute Gasteiger partial charge is 0.343 e. The van der Waals surface area contributed by atoms with Gasteiger partial charge in [0.2, 0.25) is 5.91 Å². The normalized spacial score (nSPS) is 12.3. The number of aromatic nitrogens is 3. The van der Waals surface area contributed by atoms with E-state index < -0.39 is 0 Å². The van der Waals surface area contributed by atoms with Gasteiger partial charge in [0.05, 0.1) is 17.6 Å². The van der Waals surface area contributed by atoms with Crippen molar-refractivity contribution in [2.45, 2.75) is 33.6 Å². The van der Waals surface area contributed by atoms with E-state index in [-0.39, 0.29) is 11.8 Å². The topological polar surface area (TPSA) is 51.0 Å². The van der Waals surface area contributed by atoms with E-state index in [1.165, 1.54) is 0 Å². The number of hydrogen-bond donors (Lipinski definition) is 0. The van der Waals surface area contributed by atoms with E-state index in [0.717, 1.165) is 41.2 Å². The molecule has 1 amide bonds. The first-order chi connectivity index (χ1) is 12.1. The Kier molecular flexibility index (Phi) is 4.83. The summed E-state index contributed by atoms with van der Waals surface area (Å²) in [5.74, 6) is 0.954. The Labute approximate surface area is 148 Å². The van der Waals surface area contributed by atoms with E-state index >= 15 is 0 Å². The molecule has 3 rings (SSSR count). The van der Waals surface area contributed by atoms with Crippen LogP contribution in [0.5, 0.6) is 0 Å². The van der Waals surface area contributed by atoms with Crippen LogP contribution in [0, 0.1) is 6.92 Å². The number of carbonyl (C=O) groups excluding carboxylic acids is 1. The summed E-state index contributed by atoms with van der Waals surface area (Å²) in [7, 11) is 0. The molecule has 0 radical (unpaired) electrons. The number of amides is 1. The molecule has 0 N–H and O–H groups in total. The van der Waals surface area contributed by atoms with Gasteiger partial charge in [-0.2, -0.15) is 0 Å². The summed E-state index contributed by atoms with van der Waals surface area (Å²) in [6, 6.07) is 10.1. The van der Waals surface area contributed by atoms with Gasteiger partial charge in [-0.25, -0.2) is 4.98 Å². The minimum Gasteiger partial charge on any atom is -0.343 e. The Morgan fingerprint density at radius 1 is 1.16 bits per heavy atom. The summed E-state index contributed by atoms with van der Waals surface area (Å²) >= 11 is 0. The van der Waals surface area contributed by atoms with Crippen molar-refractivity contribution in [1.82, 2.24) is 19.4 Å². The van der Waals surface area contributed by atoms with E-state index in [1.54, 1.807) is 12.4 Å². The SMILES string of the molecule is CCN(CC)C(=O)C(C)c1ccc(-n2c(C)nc3cnccc32)cc1. The molecule has 1 aromatic carbocycles. The lowest BCUT2D eigenvalue weighted by Gasteiger charge is -2.23. The van der Waals surface area contributed by atoms with E-state index in [4.69, 9.17) is 0 Å². The fourth-order valence-electron chi connectivity index (χ4n) is 3.24. The summed E-state index contributed by atoms with van der Waals surface area (Å²) < 4.78 is 2.11. The number of pyridine rings is 1. The van der Waals surface area contributed by atoms with E-state index in [9.17, 15) is 4.79 Å². The fourth-order valence-corrected chi connectivity index (χ4v) is 3.24. The minimum absolute atomic E-state index is 0.140. The van der Waals surface area contributed by atoms with Crippen molar-refractivity contribution < 1.29 is 4.79 Å². The number of aryl methyl sites for hydroxylation is 1. The molecule has 3 aromatic rings. The summed E-state index contributed by atoms with van der Waals surface area (Å²) in [4.78, 5) is 23.1. The Morgan fingerprint density at radius 2 is 1.84 bits per heavy atom. The first-order valence-corrected chi connectivity index (χ1v) is 8.75. The number of carbonyl (C=O) groups is 1. The zero-order valence-electron chi connectivity index (χ0n) is 15.2. The van der Waals surface area contributed by atoms with E-state index in [1.807, 2.05) is 50.8 Å². The van der Waals surface area contributed by atoms with Gasteiger partial charge in [0, 0.05) is 25.0 Å². The van der Waals surface area contributed by atoms with Crippen LogP contribution in [-0.4, -0.2) is 38.4 Å². The lowest BCUT2D eigenvalue weighted by molar-refractivity contribution is -0.132. The molecule has 0 aliphatic rings. The number of fused-ring (bicyclic) bond motifs is 1. The molecule has 0 fully saturated rings. The van der Waals surface area contributed by atoms with Crippen LogP contribution in [0.15, 0.2) is 42.7 Å². The van der Waals surface area contributed by atoms with Crippen molar-refractivity contribution in [1.29, 1.82) is 0 Å². The number of rotatable bonds is 5. The van der Waals surface area contributed by atoms with Crippen LogP contribution in [0.3, 0.4) is 0 Å². The second kappa shape index (κ2) is 7.05. The fraction of sp³-hybridized carbons (Fsp3) is 0.350. The van der Waals surface area contributed by atoms with Crippen LogP contribution in [0.1, 0.15) is 38.1 Å². The average molecular weight is 336 g/mol. The molecule has 0 aliphatic carbocycles. The predicted molar refractivity (Wildman–Crippen MR) is 99.9 cm³/mol. The standard InChI is InChI=1S/C20H24N4O/c1-5-23(6-2)20(25)14(3)16-7-9-17(10-8-16)24-15(4)22-18-13-21-12-11-19(18)24/h7-14H,5-6H2,1-4H3. The second-order valence-electron chi connectivity index (χ2n) is 6.18. The van der Waals surface area contributed by atoms with Gasteiger partial charge in [0.1, 0.15) is 11.3 Å². The number of likely N-dealkylation sites (N-methyl/N-ethyl adjacent to an activating group) is 1. The number of nitrogens with zero attached hydrogens (tertiary/aromatic N) is 4. The highest BCUT2D eigenvalue weighted by atomic mass is 16.2. The average Bonchev–Trinajstić information content (AvgIpc) is 2.98. The van der Waals surface area contributed by atoms with Gasteiger partial charge >= 0.3 is 0 Å². The first kappa shape index (κ1) is 17.1. The highest BCUT2D eigenvalue weighted by Crippen LogP contribution is 2.23. The highest BCUT2D eigenvalue weighted by molar-refractivity contribution is 5.83. The quantitative estimate of drug-likeness (QED) is 0.714. The van der Waals surface area contributed by atoms with Gasteiger partial charge in [0.15, 0.2) is 0 Å². The molecule has 0 bridgehead atoms. The third-order valence-electron chi connectivity index (χ3n) is 4.72. The van der Waals surface area contributed by atoms with Gasteiger partial charge in [-0.3, -0.25) is 14.3 Å². The van der Waals surface area contributed by atoms with Gasteiger partial charge in [-0.15, -0.1) is 0 Å². The second-order valence-corrected chi connectivity index (χ2v) is 6.18. The van der Waals surface area contributed by atoms with Gasteiger partial charge in [0.25, 0.3) is 0 Å². The first-order valence-electron chi connectivity index (χ1n) is 8.75. The van der Waals surface area contributed by atoms with Crippen molar-refractivity contribution >= 4 is 16.9 Å². The zero-order chi connectivity index (χ0) is 18.0. The van der Waals surface area contributed by atoms with Crippen LogP contribution in [0.4, 0.5) is 0 Å². The van der Waals surface area contributed by atoms with E-state index in [0.29, 0.717) is 0 Å². The molecule has 2 heterocycles. The molecular formula is C20H24N4O. The van der Waals surface area contributed by atoms with Crippen molar-refractivity contribution in [3.8, 4) is 5.69 Å². The maximum atomic E-state index is 12.6. The molecule has 25 heavy (non-hydrogen) atoms. The Morgan fingerprint density at radius 3 is 2.48 bits per heavy atom. The van der Waals surface area contributed by atoms with Crippen molar-refractivity contribution in [3.05, 3.63) is 54.1 Å². The molecule has 5 nitrogen and oxygen atoms in total. The minimum atomic E-state index is -0.140. The molecule has 1 atom stereocenters. The highest BCUT2D eigenvalue weighted by Gasteiger charge is 2.20. The zero-order valence-corrected chi connectivity index (χ0v) is 15.2. The third kappa shape index (κ3) is 3.14. The Balaban J connectivity index is 1.92. The Bertz CT molecular complexity index is 878. The number of benzene rings is 1. The maximum Gasteiger partial charge on any atom is 0.229 e. The molecule has 1 unspecified atom stereocenters. The summed E-state index contributed by atoms with van der Waals surface area (Å²) in [6.07, 6.45) is 3.55. The summed E-state index contributed by atoms with van der Waals surface area (Å²) in [5.41, 5.74) is 3.99. The van der Waals surface area contributed by atoms with Gasteiger partial charge < -0.3 is 4.90 Å². The Hall–Kier alpha value is -2.69. The third-order valence-corrected chi connectivity index (χ3v) is 4.72. The van der Waals surface area contributed by atoms with E-state index in [2.05, 4.69) is 26.7 Å². The molecule has 130 valence electrons. The molecular weight excluding hydrogens is 312 g/mol. The van der Waals surface area contributed by atoms with Crippen molar-refractivity contribution in [2.75, 3.05) is 13.1 Å². The molecule has 2 aromatic heterocycles. The smallest absolute Gasteiger partial charge is 0.229 e. The maximum absolute atomic E-state index is 12.6. The lowest BCUT2D eigenvalue weighted by Crippen LogP contribution is -2.33. The van der Waals surface area contributed by atoms with Crippen LogP contribution in [-0.2, 0) is 4.79 Å². The summed E-state index contributed by atoms with van der Waals surface area (Å²) in [5, 5.41) is 0. The molecule has 0 saturated heterocycles. The van der Waals surface area contributed by atoms with Crippen LogP contribution < -0.4 is 0 Å². The van der Waals surface area contributed by atoms with Crippen LogP contribution in [0.2, 0.25) is 0 Å². The van der Waals surface area contributed by atoms with Crippen molar-refractivity contribution in [3.63, 3.8) is 0 Å². The monoisotopic (exact) mass is 336 g/mol. The van der Waals surface area contributed by atoms with Gasteiger partial charge in [-0.05, 0) is 51.5 Å². The molecule has 0 saturated carbocycles. The molecule has 0 spiro atoms. The van der Waals surface area contributed by atoms with Crippen LogP contribution >= 0.6 is 0 Å². The van der Waals surface area contributed by atoms with Crippen LogP contribution in [0.25, 0.3) is 16.7 Å². The number of imidazole rings is 1. The molecule has 5 heteroatoms. The summed E-state index contributed by atoms with van der Waals surface area (Å²) in [6.45, 7) is 9.47. The lowest BCUT2D eigenvalue weighted by atomic mass is 9.99. The number of hydrogen-bond acceptors (Lipinski definition) is 3.